The van der Waals surface area contributed by atoms with Gasteiger partial charge in [-0.2, -0.15) is 4.67 Å². The number of carboxylic acids is 1. The van der Waals surface area contributed by atoms with Gasteiger partial charge in [-0.05, 0) is 37.0 Å². The number of carboxylic acid groups (broad SMARTS) is 1. The second-order valence-corrected chi connectivity index (χ2v) is 8.58. The second-order valence-electron chi connectivity index (χ2n) is 6.56. The van der Waals surface area contributed by atoms with E-state index in [0.29, 0.717) is 17.9 Å². The maximum absolute atomic E-state index is 13.4. The Morgan fingerprint density at radius 1 is 1.14 bits per heavy atom. The molecule has 9 heteroatoms. The van der Waals surface area contributed by atoms with E-state index in [4.69, 9.17) is 18.5 Å². The monoisotopic (exact) mass is 415 g/mol. The molecule has 1 heterocycles. The minimum absolute atomic E-state index is 0.190. The van der Waals surface area contributed by atoms with Crippen LogP contribution in [0, 0.1) is 0 Å². The molecule has 0 spiro atoms. The Labute approximate surface area is 166 Å². The van der Waals surface area contributed by atoms with Crippen molar-refractivity contribution in [2.24, 2.45) is 0 Å². The number of unbranched alkanes of at least 4 members (excludes halogenated alkanes) is 2. The van der Waals surface area contributed by atoms with Gasteiger partial charge >= 0.3 is 13.7 Å². The number of hydrogen-bond acceptors (Lipinski definition) is 6. The van der Waals surface area contributed by atoms with Crippen LogP contribution < -0.4 is 9.47 Å². The second kappa shape index (κ2) is 11.4. The smallest absolute Gasteiger partial charge is 0.408 e. The van der Waals surface area contributed by atoms with E-state index in [2.05, 4.69) is 0 Å². The summed E-state index contributed by atoms with van der Waals surface area (Å²) in [6.45, 7) is 4.53. The normalized spacial score (nSPS) is 13.2. The molecule has 0 aliphatic carbocycles. The molecule has 8 nitrogen and oxygen atoms in total. The fourth-order valence-corrected chi connectivity index (χ4v) is 4.41. The number of hydrogen-bond donors (Lipinski definition) is 1. The Morgan fingerprint density at radius 2 is 1.79 bits per heavy atom. The third-order valence-electron chi connectivity index (χ3n) is 4.26. The van der Waals surface area contributed by atoms with Crippen molar-refractivity contribution in [3.8, 4) is 11.5 Å². The Kier molecular flexibility index (Phi) is 9.25. The van der Waals surface area contributed by atoms with Crippen molar-refractivity contribution in [3.05, 3.63) is 23.8 Å². The van der Waals surface area contributed by atoms with Gasteiger partial charge in [0.1, 0.15) is 6.54 Å². The van der Waals surface area contributed by atoms with Crippen LogP contribution in [-0.4, -0.2) is 48.8 Å². The van der Waals surface area contributed by atoms with Crippen molar-refractivity contribution in [2.75, 3.05) is 33.1 Å². The largest absolute Gasteiger partial charge is 0.480 e. The summed E-state index contributed by atoms with van der Waals surface area (Å²) in [5.74, 6) is 0.260. The highest BCUT2D eigenvalue weighted by Gasteiger charge is 2.35. The van der Waals surface area contributed by atoms with Crippen LogP contribution in [-0.2, 0) is 24.8 Å². The average molecular weight is 415 g/mol. The lowest BCUT2D eigenvalue weighted by atomic mass is 10.1. The van der Waals surface area contributed by atoms with Gasteiger partial charge in [-0.1, -0.05) is 32.8 Å². The van der Waals surface area contributed by atoms with Gasteiger partial charge in [-0.15, -0.1) is 0 Å². The molecular formula is C19H30NO7P. The van der Waals surface area contributed by atoms with Crippen LogP contribution in [0.4, 0.5) is 0 Å². The molecule has 1 aromatic carbocycles. The molecule has 0 saturated carbocycles. The lowest BCUT2D eigenvalue weighted by molar-refractivity contribution is -0.137. The SMILES string of the molecule is CCCCOP(=O)(OCCCC)N(CCc1ccc2c(c1)OCO2)CC(=O)O. The predicted molar refractivity (Wildman–Crippen MR) is 105 cm³/mol. The zero-order valence-electron chi connectivity index (χ0n) is 16.6. The summed E-state index contributed by atoms with van der Waals surface area (Å²) >= 11 is 0. The Morgan fingerprint density at radius 3 is 2.39 bits per heavy atom. The van der Waals surface area contributed by atoms with Crippen LogP contribution in [0.25, 0.3) is 0 Å². The molecule has 0 fully saturated rings. The van der Waals surface area contributed by atoms with Crippen molar-refractivity contribution in [2.45, 2.75) is 46.0 Å². The summed E-state index contributed by atoms with van der Waals surface area (Å²) in [4.78, 5) is 11.4. The Hall–Kier alpha value is -1.60. The van der Waals surface area contributed by atoms with E-state index in [1.807, 2.05) is 32.0 Å². The van der Waals surface area contributed by atoms with Crippen molar-refractivity contribution >= 4 is 13.7 Å². The minimum atomic E-state index is -3.70. The molecule has 1 aliphatic heterocycles. The zero-order valence-corrected chi connectivity index (χ0v) is 17.5. The number of rotatable bonds is 14. The van der Waals surface area contributed by atoms with Crippen LogP contribution >= 0.6 is 7.75 Å². The van der Waals surface area contributed by atoms with Crippen molar-refractivity contribution in [1.82, 2.24) is 4.67 Å². The summed E-state index contributed by atoms with van der Waals surface area (Å²) < 4.78 is 36.6. The molecule has 0 amide bonds. The average Bonchev–Trinajstić information content (AvgIpc) is 3.13. The van der Waals surface area contributed by atoms with Gasteiger partial charge in [0, 0.05) is 6.54 Å². The van der Waals surface area contributed by atoms with Crippen molar-refractivity contribution < 1.29 is 33.0 Å². The van der Waals surface area contributed by atoms with Crippen LogP contribution in [0.3, 0.4) is 0 Å². The van der Waals surface area contributed by atoms with Crippen LogP contribution in [0.1, 0.15) is 45.1 Å². The molecule has 1 aliphatic rings. The zero-order chi connectivity index (χ0) is 20.4. The van der Waals surface area contributed by atoms with E-state index < -0.39 is 20.3 Å². The summed E-state index contributed by atoms with van der Waals surface area (Å²) in [6.07, 6.45) is 3.69. The first kappa shape index (κ1) is 22.7. The highest BCUT2D eigenvalue weighted by Crippen LogP contribution is 2.52. The number of benzene rings is 1. The van der Waals surface area contributed by atoms with Gasteiger partial charge in [0.15, 0.2) is 11.5 Å². The highest BCUT2D eigenvalue weighted by atomic mass is 31.2. The maximum Gasteiger partial charge on any atom is 0.408 e. The number of ether oxygens (including phenoxy) is 2. The first-order valence-electron chi connectivity index (χ1n) is 9.73. The fraction of sp³-hybridized carbons (Fsp3) is 0.632. The molecule has 28 heavy (non-hydrogen) atoms. The third-order valence-corrected chi connectivity index (χ3v) is 6.32. The molecule has 1 aromatic rings. The standard InChI is InChI=1S/C19H30NO7P/c1-3-5-11-26-28(23,27-12-6-4-2)20(14-19(21)22)10-9-16-7-8-17-18(13-16)25-15-24-17/h7-8,13H,3-6,9-12,14-15H2,1-2H3,(H,21,22). The molecule has 0 atom stereocenters. The van der Waals surface area contributed by atoms with Crippen molar-refractivity contribution in [1.29, 1.82) is 0 Å². The van der Waals surface area contributed by atoms with Gasteiger partial charge in [0.25, 0.3) is 0 Å². The Balaban J connectivity index is 2.09. The first-order chi connectivity index (χ1) is 13.5. The molecule has 1 N–H and O–H groups in total. The van der Waals surface area contributed by atoms with E-state index in [-0.39, 0.29) is 26.6 Å². The quantitative estimate of drug-likeness (QED) is 0.359. The van der Waals surface area contributed by atoms with Crippen LogP contribution in [0.2, 0.25) is 0 Å². The number of nitrogens with zero attached hydrogens (tertiary/aromatic N) is 1. The van der Waals surface area contributed by atoms with Crippen LogP contribution in [0.5, 0.6) is 11.5 Å². The minimum Gasteiger partial charge on any atom is -0.480 e. The van der Waals surface area contributed by atoms with E-state index in [1.54, 1.807) is 0 Å². The maximum atomic E-state index is 13.4. The number of carbonyl (C=O) groups is 1. The molecule has 0 unspecified atom stereocenters. The Bertz CT molecular complexity index is 668. The van der Waals surface area contributed by atoms with E-state index >= 15 is 0 Å². The van der Waals surface area contributed by atoms with Gasteiger partial charge in [0.05, 0.1) is 13.2 Å². The molecule has 2 rings (SSSR count). The van der Waals surface area contributed by atoms with Gasteiger partial charge in [-0.25, -0.2) is 4.57 Å². The molecular weight excluding hydrogens is 385 g/mol. The topological polar surface area (TPSA) is 94.5 Å². The summed E-state index contributed by atoms with van der Waals surface area (Å²) in [7, 11) is -3.70. The van der Waals surface area contributed by atoms with Crippen molar-refractivity contribution in [3.63, 3.8) is 0 Å². The predicted octanol–water partition coefficient (Wildman–Crippen LogP) is 4.09. The lowest BCUT2D eigenvalue weighted by Crippen LogP contribution is -2.31. The summed E-state index contributed by atoms with van der Waals surface area (Å²) in [6, 6.07) is 5.55. The fourth-order valence-electron chi connectivity index (χ4n) is 2.65. The van der Waals surface area contributed by atoms with Gasteiger partial charge < -0.3 is 14.6 Å². The highest BCUT2D eigenvalue weighted by molar-refractivity contribution is 7.51. The molecule has 0 radical (unpaired) electrons. The van der Waals surface area contributed by atoms with Crippen LogP contribution in [0.15, 0.2) is 18.2 Å². The molecule has 0 saturated heterocycles. The molecule has 0 aromatic heterocycles. The van der Waals surface area contributed by atoms with E-state index in [9.17, 15) is 14.5 Å². The van der Waals surface area contributed by atoms with E-state index in [1.165, 1.54) is 4.67 Å². The molecule has 158 valence electrons. The number of fused-ring (bicyclic) bond motifs is 1. The van der Waals surface area contributed by atoms with E-state index in [0.717, 1.165) is 31.2 Å². The van der Waals surface area contributed by atoms with Gasteiger partial charge in [-0.3, -0.25) is 13.8 Å². The van der Waals surface area contributed by atoms with Gasteiger partial charge in [0.2, 0.25) is 6.79 Å². The third kappa shape index (κ3) is 6.78. The molecule has 0 bridgehead atoms. The lowest BCUT2D eigenvalue weighted by Gasteiger charge is -2.29. The first-order valence-corrected chi connectivity index (χ1v) is 11.2. The number of aliphatic carboxylic acids is 1. The summed E-state index contributed by atoms with van der Waals surface area (Å²) in [5.41, 5.74) is 0.924. The summed E-state index contributed by atoms with van der Waals surface area (Å²) in [5, 5.41) is 9.30.